The fourth-order valence-corrected chi connectivity index (χ4v) is 2.16. The van der Waals surface area contributed by atoms with E-state index in [1.807, 2.05) is 30.3 Å². The van der Waals surface area contributed by atoms with Crippen LogP contribution in [0.3, 0.4) is 0 Å². The summed E-state index contributed by atoms with van der Waals surface area (Å²) in [4.78, 5) is 8.69. The van der Waals surface area contributed by atoms with E-state index in [2.05, 4.69) is 15.3 Å². The first-order chi connectivity index (χ1) is 9.78. The van der Waals surface area contributed by atoms with Gasteiger partial charge in [-0.2, -0.15) is 0 Å². The van der Waals surface area contributed by atoms with Crippen molar-refractivity contribution in [3.05, 3.63) is 53.8 Å². The lowest BCUT2D eigenvalue weighted by atomic mass is 10.2. The molecule has 5 heteroatoms. The molecule has 3 rings (SSSR count). The summed E-state index contributed by atoms with van der Waals surface area (Å²) < 4.78 is 5.20. The van der Waals surface area contributed by atoms with E-state index in [9.17, 15) is 0 Å². The predicted octanol–water partition coefficient (Wildman–Crippen LogP) is 4.04. The Kier molecular flexibility index (Phi) is 3.39. The van der Waals surface area contributed by atoms with Gasteiger partial charge in [-0.3, -0.25) is 4.98 Å². The summed E-state index contributed by atoms with van der Waals surface area (Å²) in [5.74, 6) is 1.32. The number of rotatable bonds is 3. The van der Waals surface area contributed by atoms with E-state index in [1.54, 1.807) is 25.6 Å². The zero-order chi connectivity index (χ0) is 13.9. The van der Waals surface area contributed by atoms with Gasteiger partial charge in [0.15, 0.2) is 5.82 Å². The number of anilines is 2. The second-order valence-corrected chi connectivity index (χ2v) is 4.62. The average Bonchev–Trinajstić information content (AvgIpc) is 2.49. The standard InChI is InChI=1S/C15H12ClN3O/c1-20-13-9-11(4-5-12(13)16)19-15-14-10(6-8-18-15)3-2-7-17-14/h2-9H,1H3,(H,18,19). The number of fused-ring (bicyclic) bond motifs is 1. The molecular weight excluding hydrogens is 274 g/mol. The zero-order valence-corrected chi connectivity index (χ0v) is 11.6. The van der Waals surface area contributed by atoms with E-state index in [-0.39, 0.29) is 0 Å². The third-order valence-electron chi connectivity index (χ3n) is 2.93. The second kappa shape index (κ2) is 5.35. The fraction of sp³-hybridized carbons (Fsp3) is 0.0667. The Morgan fingerprint density at radius 1 is 1.10 bits per heavy atom. The first kappa shape index (κ1) is 12.7. The Balaban J connectivity index is 2.01. The number of methoxy groups -OCH3 is 1. The Bertz CT molecular complexity index is 756. The lowest BCUT2D eigenvalue weighted by molar-refractivity contribution is 0.415. The molecule has 20 heavy (non-hydrogen) atoms. The monoisotopic (exact) mass is 285 g/mol. The fourth-order valence-electron chi connectivity index (χ4n) is 1.97. The van der Waals surface area contributed by atoms with Crippen molar-refractivity contribution in [3.8, 4) is 5.75 Å². The number of pyridine rings is 2. The molecule has 2 aromatic heterocycles. The van der Waals surface area contributed by atoms with E-state index in [0.29, 0.717) is 16.6 Å². The number of hydrogen-bond acceptors (Lipinski definition) is 4. The Labute approximate surface area is 121 Å². The van der Waals surface area contributed by atoms with Crippen LogP contribution in [0.25, 0.3) is 10.9 Å². The van der Waals surface area contributed by atoms with Crippen LogP contribution >= 0.6 is 11.6 Å². The van der Waals surface area contributed by atoms with Gasteiger partial charge >= 0.3 is 0 Å². The molecule has 0 saturated heterocycles. The van der Waals surface area contributed by atoms with Crippen LogP contribution in [0.2, 0.25) is 5.02 Å². The number of benzene rings is 1. The lowest BCUT2D eigenvalue weighted by Gasteiger charge is -2.10. The number of ether oxygens (including phenoxy) is 1. The van der Waals surface area contributed by atoms with Crippen LogP contribution in [0.1, 0.15) is 0 Å². The molecule has 4 nitrogen and oxygen atoms in total. The van der Waals surface area contributed by atoms with Crippen molar-refractivity contribution in [3.63, 3.8) is 0 Å². The first-order valence-electron chi connectivity index (χ1n) is 6.08. The van der Waals surface area contributed by atoms with Crippen molar-refractivity contribution in [1.82, 2.24) is 9.97 Å². The third kappa shape index (κ3) is 2.38. The molecule has 0 bridgehead atoms. The zero-order valence-electron chi connectivity index (χ0n) is 10.8. The maximum absolute atomic E-state index is 6.01. The molecule has 0 fully saturated rings. The van der Waals surface area contributed by atoms with Gasteiger partial charge in [-0.25, -0.2) is 4.98 Å². The topological polar surface area (TPSA) is 47.0 Å². The van der Waals surface area contributed by atoms with E-state index in [1.165, 1.54) is 0 Å². The minimum absolute atomic E-state index is 0.571. The Hall–Kier alpha value is -2.33. The molecule has 0 saturated carbocycles. The summed E-state index contributed by atoms with van der Waals surface area (Å²) in [6.45, 7) is 0. The van der Waals surface area contributed by atoms with Crippen LogP contribution in [0, 0.1) is 0 Å². The third-order valence-corrected chi connectivity index (χ3v) is 3.25. The number of nitrogens with zero attached hydrogens (tertiary/aromatic N) is 2. The van der Waals surface area contributed by atoms with Crippen molar-refractivity contribution in [1.29, 1.82) is 0 Å². The molecule has 0 atom stereocenters. The van der Waals surface area contributed by atoms with Crippen LogP contribution < -0.4 is 10.1 Å². The van der Waals surface area contributed by atoms with Crippen LogP contribution in [0.15, 0.2) is 48.8 Å². The van der Waals surface area contributed by atoms with Gasteiger partial charge in [0.25, 0.3) is 0 Å². The van der Waals surface area contributed by atoms with Gasteiger partial charge in [-0.15, -0.1) is 0 Å². The van der Waals surface area contributed by atoms with Crippen molar-refractivity contribution in [2.75, 3.05) is 12.4 Å². The summed E-state index contributed by atoms with van der Waals surface area (Å²) in [6, 6.07) is 11.3. The molecule has 100 valence electrons. The molecule has 0 aliphatic carbocycles. The van der Waals surface area contributed by atoms with Gasteiger partial charge in [-0.1, -0.05) is 17.7 Å². The van der Waals surface area contributed by atoms with E-state index >= 15 is 0 Å². The van der Waals surface area contributed by atoms with Crippen LogP contribution in [-0.4, -0.2) is 17.1 Å². The largest absolute Gasteiger partial charge is 0.495 e. The molecule has 0 aliphatic rings. The minimum Gasteiger partial charge on any atom is -0.495 e. The highest BCUT2D eigenvalue weighted by Gasteiger charge is 2.06. The van der Waals surface area contributed by atoms with Gasteiger partial charge < -0.3 is 10.1 Å². The smallest absolute Gasteiger partial charge is 0.156 e. The van der Waals surface area contributed by atoms with E-state index in [4.69, 9.17) is 16.3 Å². The number of halogens is 1. The molecular formula is C15H12ClN3O. The molecule has 2 heterocycles. The molecule has 3 aromatic rings. The quantitative estimate of drug-likeness (QED) is 0.789. The summed E-state index contributed by atoms with van der Waals surface area (Å²) in [5.41, 5.74) is 1.67. The van der Waals surface area contributed by atoms with Gasteiger partial charge in [0.05, 0.1) is 12.1 Å². The highest BCUT2D eigenvalue weighted by molar-refractivity contribution is 6.32. The van der Waals surface area contributed by atoms with Crippen molar-refractivity contribution in [2.45, 2.75) is 0 Å². The minimum atomic E-state index is 0.571. The van der Waals surface area contributed by atoms with Gasteiger partial charge in [-0.05, 0) is 24.3 Å². The Morgan fingerprint density at radius 3 is 2.85 bits per heavy atom. The van der Waals surface area contributed by atoms with Crippen LogP contribution in [0.4, 0.5) is 11.5 Å². The van der Waals surface area contributed by atoms with Crippen LogP contribution in [-0.2, 0) is 0 Å². The number of hydrogen-bond donors (Lipinski definition) is 1. The normalized spacial score (nSPS) is 10.5. The number of nitrogens with one attached hydrogen (secondary N) is 1. The van der Waals surface area contributed by atoms with Crippen molar-refractivity contribution < 1.29 is 4.74 Å². The van der Waals surface area contributed by atoms with Gasteiger partial charge in [0.2, 0.25) is 0 Å². The van der Waals surface area contributed by atoms with E-state index in [0.717, 1.165) is 16.6 Å². The maximum Gasteiger partial charge on any atom is 0.156 e. The lowest BCUT2D eigenvalue weighted by Crippen LogP contribution is -1.96. The summed E-state index contributed by atoms with van der Waals surface area (Å²) in [7, 11) is 1.59. The summed E-state index contributed by atoms with van der Waals surface area (Å²) in [6.07, 6.45) is 3.50. The molecule has 0 amide bonds. The van der Waals surface area contributed by atoms with Crippen LogP contribution in [0.5, 0.6) is 5.75 Å². The SMILES string of the molecule is COc1cc(Nc2nccc3cccnc23)ccc1Cl. The molecule has 0 radical (unpaired) electrons. The highest BCUT2D eigenvalue weighted by Crippen LogP contribution is 2.29. The second-order valence-electron chi connectivity index (χ2n) is 4.21. The average molecular weight is 286 g/mol. The maximum atomic E-state index is 6.01. The summed E-state index contributed by atoms with van der Waals surface area (Å²) in [5, 5.41) is 4.84. The van der Waals surface area contributed by atoms with Gasteiger partial charge in [0.1, 0.15) is 11.3 Å². The molecule has 0 aliphatic heterocycles. The summed E-state index contributed by atoms with van der Waals surface area (Å²) >= 11 is 6.01. The van der Waals surface area contributed by atoms with Crippen molar-refractivity contribution >= 4 is 34.0 Å². The van der Waals surface area contributed by atoms with E-state index < -0.39 is 0 Å². The number of aromatic nitrogens is 2. The highest BCUT2D eigenvalue weighted by atomic mass is 35.5. The van der Waals surface area contributed by atoms with Gasteiger partial charge in [0, 0.05) is 29.5 Å². The Morgan fingerprint density at radius 2 is 2.00 bits per heavy atom. The van der Waals surface area contributed by atoms with Crippen molar-refractivity contribution in [2.24, 2.45) is 0 Å². The first-order valence-corrected chi connectivity index (χ1v) is 6.46. The molecule has 0 spiro atoms. The molecule has 0 unspecified atom stereocenters. The predicted molar refractivity (Wildman–Crippen MR) is 80.8 cm³/mol. The molecule has 1 N–H and O–H groups in total. The molecule has 1 aromatic carbocycles.